The van der Waals surface area contributed by atoms with Gasteiger partial charge in [0.2, 0.25) is 0 Å². The molecule has 1 aliphatic carbocycles. The average Bonchev–Trinajstić information content (AvgIpc) is 3.50. The lowest BCUT2D eigenvalue weighted by Gasteiger charge is -2.36. The maximum Gasteiger partial charge on any atom is 0.410 e. The van der Waals surface area contributed by atoms with E-state index in [0.717, 1.165) is 41.7 Å². The van der Waals surface area contributed by atoms with Gasteiger partial charge < -0.3 is 19.4 Å². The number of benzene rings is 1. The monoisotopic (exact) mass is 532 g/mol. The maximum absolute atomic E-state index is 12.4. The first-order valence-corrected chi connectivity index (χ1v) is 15.0. The van der Waals surface area contributed by atoms with E-state index in [9.17, 15) is 4.79 Å². The number of pyridine rings is 1. The first-order valence-electron chi connectivity index (χ1n) is 14.2. The van der Waals surface area contributed by atoms with Gasteiger partial charge in [-0.2, -0.15) is 0 Å². The van der Waals surface area contributed by atoms with Gasteiger partial charge >= 0.3 is 6.09 Å². The van der Waals surface area contributed by atoms with E-state index in [1.54, 1.807) is 0 Å². The summed E-state index contributed by atoms with van der Waals surface area (Å²) in [6.45, 7) is 13.3. The second-order valence-electron chi connectivity index (χ2n) is 12.3. The largest absolute Gasteiger partial charge is 0.444 e. The molecular formula is C31H40N4O2S. The van der Waals surface area contributed by atoms with E-state index in [1.165, 1.54) is 59.7 Å². The molecule has 3 aromatic rings. The van der Waals surface area contributed by atoms with Gasteiger partial charge in [-0.3, -0.25) is 0 Å². The van der Waals surface area contributed by atoms with Crippen LogP contribution in [0.25, 0.3) is 21.5 Å². The second kappa shape index (κ2) is 10.1. The molecule has 1 amide bonds. The number of aromatic nitrogens is 1. The van der Waals surface area contributed by atoms with Crippen molar-refractivity contribution in [3.05, 3.63) is 41.3 Å². The van der Waals surface area contributed by atoms with E-state index in [1.807, 2.05) is 37.0 Å². The summed E-state index contributed by atoms with van der Waals surface area (Å²) < 4.78 is 6.89. The number of rotatable bonds is 3. The normalized spacial score (nSPS) is 22.2. The van der Waals surface area contributed by atoms with E-state index >= 15 is 0 Å². The van der Waals surface area contributed by atoms with Gasteiger partial charge in [0.25, 0.3) is 0 Å². The summed E-state index contributed by atoms with van der Waals surface area (Å²) in [6.07, 6.45) is 5.35. The fraction of sp³-hybridized carbons (Fsp3) is 0.548. The molecule has 2 saturated heterocycles. The number of hydrogen-bond acceptors (Lipinski definition) is 6. The zero-order valence-corrected chi connectivity index (χ0v) is 24.0. The minimum Gasteiger partial charge on any atom is -0.444 e. The van der Waals surface area contributed by atoms with Crippen molar-refractivity contribution >= 4 is 39.0 Å². The number of carbonyl (C=O) groups is 1. The lowest BCUT2D eigenvalue weighted by Crippen LogP contribution is -2.50. The number of anilines is 2. The maximum atomic E-state index is 12.4. The molecule has 2 unspecified atom stereocenters. The third kappa shape index (κ3) is 5.22. The average molecular weight is 533 g/mol. The summed E-state index contributed by atoms with van der Waals surface area (Å²) in [5.41, 5.74) is 5.44. The summed E-state index contributed by atoms with van der Waals surface area (Å²) in [4.78, 5) is 25.7. The first-order chi connectivity index (χ1) is 18.2. The molecule has 202 valence electrons. The van der Waals surface area contributed by atoms with E-state index in [0.29, 0.717) is 13.1 Å². The van der Waals surface area contributed by atoms with E-state index in [-0.39, 0.29) is 6.09 Å². The van der Waals surface area contributed by atoms with Crippen molar-refractivity contribution in [3.63, 3.8) is 0 Å². The van der Waals surface area contributed by atoms with Gasteiger partial charge in [0.05, 0.1) is 21.6 Å². The smallest absolute Gasteiger partial charge is 0.410 e. The topological polar surface area (TPSA) is 48.9 Å². The first kappa shape index (κ1) is 25.5. The van der Waals surface area contributed by atoms with Gasteiger partial charge in [0.1, 0.15) is 5.60 Å². The highest BCUT2D eigenvalue weighted by Crippen LogP contribution is 2.43. The molecule has 0 radical (unpaired) electrons. The van der Waals surface area contributed by atoms with Crippen LogP contribution in [0.3, 0.4) is 0 Å². The SMILES string of the molecule is Cc1cc2nc(-c3ccc(N4CCN(C(=O)OC(C)(C)C)CC4)cc3)cc(N3CC4CCCCC4C3)c2s1. The number of hydrogen-bond donors (Lipinski definition) is 0. The summed E-state index contributed by atoms with van der Waals surface area (Å²) in [5.74, 6) is 1.71. The number of piperazine rings is 1. The molecule has 1 saturated carbocycles. The third-order valence-electron chi connectivity index (χ3n) is 8.36. The molecule has 0 N–H and O–H groups in total. The molecule has 3 fully saturated rings. The Morgan fingerprint density at radius 2 is 1.61 bits per heavy atom. The Balaban J connectivity index is 1.19. The summed E-state index contributed by atoms with van der Waals surface area (Å²) in [6, 6.07) is 13.4. The van der Waals surface area contributed by atoms with Gasteiger partial charge in [0, 0.05) is 55.4 Å². The summed E-state index contributed by atoms with van der Waals surface area (Å²) in [7, 11) is 0. The number of thiophene rings is 1. The molecule has 0 spiro atoms. The van der Waals surface area contributed by atoms with Gasteiger partial charge in [-0.25, -0.2) is 9.78 Å². The number of ether oxygens (including phenoxy) is 1. The minimum absolute atomic E-state index is 0.217. The number of carbonyl (C=O) groups excluding carboxylic acids is 1. The molecule has 1 aromatic carbocycles. The number of aryl methyl sites for hydroxylation is 1. The molecule has 3 aliphatic rings. The number of fused-ring (bicyclic) bond motifs is 2. The second-order valence-corrected chi connectivity index (χ2v) is 13.6. The molecule has 2 aliphatic heterocycles. The Morgan fingerprint density at radius 3 is 2.24 bits per heavy atom. The highest BCUT2D eigenvalue weighted by molar-refractivity contribution is 7.19. The lowest BCUT2D eigenvalue weighted by atomic mass is 9.82. The fourth-order valence-electron chi connectivity index (χ4n) is 6.43. The summed E-state index contributed by atoms with van der Waals surface area (Å²) >= 11 is 1.88. The Kier molecular flexibility index (Phi) is 6.75. The van der Waals surface area contributed by atoms with E-state index in [2.05, 4.69) is 53.1 Å². The van der Waals surface area contributed by atoms with Crippen LogP contribution in [-0.4, -0.2) is 60.8 Å². The Labute approximate surface area is 230 Å². The van der Waals surface area contributed by atoms with Crippen LogP contribution < -0.4 is 9.80 Å². The van der Waals surface area contributed by atoms with E-state index < -0.39 is 5.60 Å². The molecule has 0 bridgehead atoms. The molecular weight excluding hydrogens is 492 g/mol. The summed E-state index contributed by atoms with van der Waals surface area (Å²) in [5, 5.41) is 0. The number of nitrogens with zero attached hydrogens (tertiary/aromatic N) is 4. The molecule has 2 atom stereocenters. The van der Waals surface area contributed by atoms with Crippen LogP contribution in [-0.2, 0) is 4.74 Å². The van der Waals surface area contributed by atoms with Crippen LogP contribution >= 0.6 is 11.3 Å². The van der Waals surface area contributed by atoms with Crippen LogP contribution in [0.4, 0.5) is 16.2 Å². The highest BCUT2D eigenvalue weighted by atomic mass is 32.1. The lowest BCUT2D eigenvalue weighted by molar-refractivity contribution is 0.0240. The van der Waals surface area contributed by atoms with Crippen LogP contribution in [0.15, 0.2) is 36.4 Å². The van der Waals surface area contributed by atoms with Crippen molar-refractivity contribution in [3.8, 4) is 11.3 Å². The van der Waals surface area contributed by atoms with Crippen molar-refractivity contribution in [1.82, 2.24) is 9.88 Å². The van der Waals surface area contributed by atoms with Gasteiger partial charge in [-0.05, 0) is 76.6 Å². The molecule has 6 nitrogen and oxygen atoms in total. The zero-order valence-electron chi connectivity index (χ0n) is 23.2. The molecule has 7 heteroatoms. The fourth-order valence-corrected chi connectivity index (χ4v) is 7.42. The van der Waals surface area contributed by atoms with Crippen molar-refractivity contribution in [2.24, 2.45) is 11.8 Å². The van der Waals surface area contributed by atoms with Gasteiger partial charge in [0.15, 0.2) is 0 Å². The molecule has 6 rings (SSSR count). The van der Waals surface area contributed by atoms with Gasteiger partial charge in [-0.15, -0.1) is 11.3 Å². The van der Waals surface area contributed by atoms with Crippen molar-refractivity contribution in [2.45, 2.75) is 59.0 Å². The van der Waals surface area contributed by atoms with Crippen LogP contribution in [0.2, 0.25) is 0 Å². The third-order valence-corrected chi connectivity index (χ3v) is 9.42. The van der Waals surface area contributed by atoms with Crippen molar-refractivity contribution in [1.29, 1.82) is 0 Å². The number of amides is 1. The standard InChI is InChI=1S/C31H40N4O2S/c1-21-17-27-29(38-21)28(35-19-23-7-5-6-8-24(23)20-35)18-26(32-27)22-9-11-25(12-10-22)33-13-15-34(16-14-33)30(36)37-31(2,3)4/h9-12,17-18,23-24H,5-8,13-16,19-20H2,1-4H3. The van der Waals surface area contributed by atoms with Crippen molar-refractivity contribution in [2.75, 3.05) is 49.1 Å². The Bertz CT molecular complexity index is 1290. The molecule has 38 heavy (non-hydrogen) atoms. The van der Waals surface area contributed by atoms with E-state index in [4.69, 9.17) is 9.72 Å². The zero-order chi connectivity index (χ0) is 26.4. The van der Waals surface area contributed by atoms with Crippen LogP contribution in [0.5, 0.6) is 0 Å². The molecule has 2 aromatic heterocycles. The van der Waals surface area contributed by atoms with Gasteiger partial charge in [-0.1, -0.05) is 25.0 Å². The quantitative estimate of drug-likeness (QED) is 0.365. The Hall–Kier alpha value is -2.80. The molecule has 4 heterocycles. The minimum atomic E-state index is -0.463. The predicted molar refractivity (Wildman–Crippen MR) is 157 cm³/mol. The van der Waals surface area contributed by atoms with Crippen molar-refractivity contribution < 1.29 is 9.53 Å². The van der Waals surface area contributed by atoms with Crippen LogP contribution in [0.1, 0.15) is 51.3 Å². The Morgan fingerprint density at radius 1 is 0.947 bits per heavy atom. The van der Waals surface area contributed by atoms with Crippen LogP contribution in [0, 0.1) is 18.8 Å². The predicted octanol–water partition coefficient (Wildman–Crippen LogP) is 6.96. The highest BCUT2D eigenvalue weighted by Gasteiger charge is 2.35.